The van der Waals surface area contributed by atoms with Crippen LogP contribution in [0.25, 0.3) is 0 Å². The van der Waals surface area contributed by atoms with Gasteiger partial charge in [0.15, 0.2) is 0 Å². The molecule has 1 fully saturated rings. The van der Waals surface area contributed by atoms with E-state index in [1.807, 2.05) is 17.5 Å². The number of anilines is 1. The molecule has 1 aliphatic heterocycles. The van der Waals surface area contributed by atoms with Gasteiger partial charge >= 0.3 is 0 Å². The van der Waals surface area contributed by atoms with Crippen LogP contribution in [0.15, 0.2) is 41.8 Å². The molecule has 3 N–H and O–H groups in total. The lowest BCUT2D eigenvalue weighted by atomic mass is 10.1. The van der Waals surface area contributed by atoms with E-state index in [0.29, 0.717) is 37.4 Å². The lowest BCUT2D eigenvalue weighted by Crippen LogP contribution is -2.51. The number of amides is 3. The molecule has 2 aromatic rings. The first-order valence-corrected chi connectivity index (χ1v) is 9.17. The second-order valence-corrected chi connectivity index (χ2v) is 6.86. The number of rotatable bonds is 5. The van der Waals surface area contributed by atoms with Crippen LogP contribution in [-0.4, -0.2) is 60.2 Å². The first kappa shape index (κ1) is 17.9. The maximum absolute atomic E-state index is 12.4. The molecule has 1 aliphatic rings. The Morgan fingerprint density at radius 3 is 2.35 bits per heavy atom. The predicted molar refractivity (Wildman–Crippen MR) is 100 cm³/mol. The summed E-state index contributed by atoms with van der Waals surface area (Å²) in [6, 6.07) is 10.5. The van der Waals surface area contributed by atoms with Gasteiger partial charge in [-0.3, -0.25) is 14.4 Å². The molecule has 2 heterocycles. The zero-order chi connectivity index (χ0) is 18.5. The topological polar surface area (TPSA) is 95.7 Å². The number of para-hydroxylation sites is 1. The van der Waals surface area contributed by atoms with Crippen LogP contribution >= 0.6 is 11.3 Å². The Labute approximate surface area is 155 Å². The van der Waals surface area contributed by atoms with Crippen molar-refractivity contribution in [3.63, 3.8) is 0 Å². The highest BCUT2D eigenvalue weighted by molar-refractivity contribution is 7.12. The summed E-state index contributed by atoms with van der Waals surface area (Å²) in [7, 11) is 0. The minimum absolute atomic E-state index is 0.0145. The lowest BCUT2D eigenvalue weighted by molar-refractivity contribution is -0.130. The zero-order valence-corrected chi connectivity index (χ0v) is 15.0. The summed E-state index contributed by atoms with van der Waals surface area (Å²) in [5.41, 5.74) is 6.23. The van der Waals surface area contributed by atoms with Crippen LogP contribution in [0.5, 0.6) is 0 Å². The van der Waals surface area contributed by atoms with Gasteiger partial charge in [-0.1, -0.05) is 18.2 Å². The molecule has 3 rings (SSSR count). The van der Waals surface area contributed by atoms with Gasteiger partial charge in [0.2, 0.25) is 5.91 Å². The Hall–Kier alpha value is -2.87. The molecule has 1 aromatic heterocycles. The van der Waals surface area contributed by atoms with Gasteiger partial charge in [0.1, 0.15) is 0 Å². The van der Waals surface area contributed by atoms with E-state index >= 15 is 0 Å². The van der Waals surface area contributed by atoms with Crippen molar-refractivity contribution >= 4 is 34.7 Å². The van der Waals surface area contributed by atoms with Gasteiger partial charge in [0.25, 0.3) is 11.8 Å². The average Bonchev–Trinajstić information content (AvgIpc) is 3.20. The Morgan fingerprint density at radius 1 is 1.00 bits per heavy atom. The van der Waals surface area contributed by atoms with Crippen molar-refractivity contribution in [2.45, 2.75) is 0 Å². The number of primary amides is 1. The number of nitrogens with zero attached hydrogens (tertiary/aromatic N) is 2. The summed E-state index contributed by atoms with van der Waals surface area (Å²) < 4.78 is 0. The number of piperazine rings is 1. The zero-order valence-electron chi connectivity index (χ0n) is 14.2. The van der Waals surface area contributed by atoms with Crippen LogP contribution in [0.2, 0.25) is 0 Å². The number of benzene rings is 1. The van der Waals surface area contributed by atoms with Crippen LogP contribution in [-0.2, 0) is 4.79 Å². The quantitative estimate of drug-likeness (QED) is 0.825. The normalized spacial score (nSPS) is 14.2. The fourth-order valence-corrected chi connectivity index (χ4v) is 3.54. The number of carbonyl (C=O) groups is 3. The molecule has 0 bridgehead atoms. The highest BCUT2D eigenvalue weighted by Gasteiger charge is 2.25. The van der Waals surface area contributed by atoms with Crippen molar-refractivity contribution in [3.8, 4) is 0 Å². The molecule has 0 atom stereocenters. The monoisotopic (exact) mass is 372 g/mol. The number of carbonyl (C=O) groups excluding carboxylic acids is 3. The van der Waals surface area contributed by atoms with Gasteiger partial charge in [-0.25, -0.2) is 0 Å². The van der Waals surface area contributed by atoms with Crippen molar-refractivity contribution in [2.24, 2.45) is 5.73 Å². The number of thiophene rings is 1. The van der Waals surface area contributed by atoms with Crippen LogP contribution in [0.3, 0.4) is 0 Å². The molecule has 0 unspecified atom stereocenters. The molecule has 0 radical (unpaired) electrons. The summed E-state index contributed by atoms with van der Waals surface area (Å²) in [4.78, 5) is 40.4. The standard InChI is InChI=1S/C18H20N4O3S/c19-17(24)13-4-1-2-5-14(13)20-12-16(23)21-7-9-22(10-8-21)18(25)15-6-3-11-26-15/h1-6,11,20H,7-10,12H2,(H2,19,24). The number of hydrogen-bond donors (Lipinski definition) is 2. The average molecular weight is 372 g/mol. The molecule has 0 spiro atoms. The number of nitrogens with two attached hydrogens (primary N) is 1. The van der Waals surface area contributed by atoms with E-state index in [1.54, 1.807) is 34.1 Å². The van der Waals surface area contributed by atoms with Crippen molar-refractivity contribution < 1.29 is 14.4 Å². The molecular formula is C18H20N4O3S. The van der Waals surface area contributed by atoms with E-state index in [2.05, 4.69) is 5.32 Å². The summed E-state index contributed by atoms with van der Waals surface area (Å²) >= 11 is 1.42. The molecule has 1 aromatic carbocycles. The Bertz CT molecular complexity index is 799. The summed E-state index contributed by atoms with van der Waals surface area (Å²) in [5.74, 6) is -0.602. The van der Waals surface area contributed by atoms with E-state index in [0.717, 1.165) is 4.88 Å². The van der Waals surface area contributed by atoms with Crippen LogP contribution in [0, 0.1) is 0 Å². The largest absolute Gasteiger partial charge is 0.376 e. The molecule has 136 valence electrons. The summed E-state index contributed by atoms with van der Waals surface area (Å²) in [6.45, 7) is 2.09. The molecule has 8 heteroatoms. The van der Waals surface area contributed by atoms with E-state index in [4.69, 9.17) is 5.73 Å². The van der Waals surface area contributed by atoms with Gasteiger partial charge in [-0.05, 0) is 23.6 Å². The van der Waals surface area contributed by atoms with Crippen LogP contribution in [0.4, 0.5) is 5.69 Å². The third-order valence-corrected chi connectivity index (χ3v) is 5.13. The van der Waals surface area contributed by atoms with Gasteiger partial charge in [0, 0.05) is 31.9 Å². The minimum atomic E-state index is -0.541. The smallest absolute Gasteiger partial charge is 0.264 e. The van der Waals surface area contributed by atoms with Gasteiger partial charge < -0.3 is 20.9 Å². The van der Waals surface area contributed by atoms with Crippen molar-refractivity contribution in [1.29, 1.82) is 0 Å². The molecule has 7 nitrogen and oxygen atoms in total. The first-order valence-electron chi connectivity index (χ1n) is 8.29. The van der Waals surface area contributed by atoms with Crippen molar-refractivity contribution in [2.75, 3.05) is 38.0 Å². The molecule has 1 saturated heterocycles. The predicted octanol–water partition coefficient (Wildman–Crippen LogP) is 1.24. The summed E-state index contributed by atoms with van der Waals surface area (Å²) in [5, 5.41) is 4.85. The fourth-order valence-electron chi connectivity index (χ4n) is 2.85. The number of hydrogen-bond acceptors (Lipinski definition) is 5. The molecule has 0 saturated carbocycles. The lowest BCUT2D eigenvalue weighted by Gasteiger charge is -2.34. The second-order valence-electron chi connectivity index (χ2n) is 5.91. The fraction of sp³-hybridized carbons (Fsp3) is 0.278. The minimum Gasteiger partial charge on any atom is -0.376 e. The van der Waals surface area contributed by atoms with E-state index in [1.165, 1.54) is 11.3 Å². The van der Waals surface area contributed by atoms with E-state index in [-0.39, 0.29) is 18.4 Å². The maximum atomic E-state index is 12.4. The van der Waals surface area contributed by atoms with Crippen molar-refractivity contribution in [3.05, 3.63) is 52.2 Å². The first-order chi connectivity index (χ1) is 12.6. The van der Waals surface area contributed by atoms with Crippen molar-refractivity contribution in [1.82, 2.24) is 9.80 Å². The van der Waals surface area contributed by atoms with Gasteiger partial charge in [-0.15, -0.1) is 11.3 Å². The summed E-state index contributed by atoms with van der Waals surface area (Å²) in [6.07, 6.45) is 0. The third-order valence-electron chi connectivity index (χ3n) is 4.27. The van der Waals surface area contributed by atoms with E-state index in [9.17, 15) is 14.4 Å². The van der Waals surface area contributed by atoms with Gasteiger partial charge in [-0.2, -0.15) is 0 Å². The third kappa shape index (κ3) is 4.02. The SMILES string of the molecule is NC(=O)c1ccccc1NCC(=O)N1CCN(C(=O)c2cccs2)CC1. The second kappa shape index (κ2) is 8.01. The van der Waals surface area contributed by atoms with Crippen LogP contribution in [0.1, 0.15) is 20.0 Å². The molecule has 3 amide bonds. The van der Waals surface area contributed by atoms with Crippen LogP contribution < -0.4 is 11.1 Å². The molecule has 26 heavy (non-hydrogen) atoms. The Morgan fingerprint density at radius 2 is 1.69 bits per heavy atom. The Kier molecular flexibility index (Phi) is 5.52. The highest BCUT2D eigenvalue weighted by Crippen LogP contribution is 2.15. The molecular weight excluding hydrogens is 352 g/mol. The highest BCUT2D eigenvalue weighted by atomic mass is 32.1. The Balaban J connectivity index is 1.51. The van der Waals surface area contributed by atoms with E-state index < -0.39 is 5.91 Å². The molecule has 0 aliphatic carbocycles. The van der Waals surface area contributed by atoms with Gasteiger partial charge in [0.05, 0.1) is 17.0 Å². The maximum Gasteiger partial charge on any atom is 0.264 e. The number of nitrogens with one attached hydrogen (secondary N) is 1.